The molecule has 1 aliphatic carbocycles. The zero-order valence-electron chi connectivity index (χ0n) is 19.5. The molecule has 0 unspecified atom stereocenters. The number of aryl methyl sites for hydroxylation is 1. The van der Waals surface area contributed by atoms with Crippen molar-refractivity contribution >= 4 is 23.2 Å². The van der Waals surface area contributed by atoms with E-state index in [2.05, 4.69) is 5.32 Å². The number of fused-ring (bicyclic) bond motifs is 1. The summed E-state index contributed by atoms with van der Waals surface area (Å²) in [5.41, 5.74) is 2.59. The molecule has 0 bridgehead atoms. The number of carbonyl (C=O) groups is 2. The molecular weight excluding hydrogens is 416 g/mol. The van der Waals surface area contributed by atoms with Crippen molar-refractivity contribution in [2.24, 2.45) is 5.92 Å². The highest BCUT2D eigenvalue weighted by atomic mass is 16.5. The first-order valence-corrected chi connectivity index (χ1v) is 12.1. The van der Waals surface area contributed by atoms with Crippen LogP contribution in [0, 0.1) is 12.8 Å². The van der Waals surface area contributed by atoms with Gasteiger partial charge in [0.2, 0.25) is 5.91 Å². The summed E-state index contributed by atoms with van der Waals surface area (Å²) >= 11 is 0. The molecule has 1 N–H and O–H groups in total. The summed E-state index contributed by atoms with van der Waals surface area (Å²) in [5.74, 6) is 2.11. The van der Waals surface area contributed by atoms with Gasteiger partial charge < -0.3 is 19.7 Å². The number of hydrogen-bond donors (Lipinski definition) is 1. The van der Waals surface area contributed by atoms with Crippen LogP contribution < -0.4 is 19.7 Å². The van der Waals surface area contributed by atoms with Gasteiger partial charge in [0.15, 0.2) is 6.61 Å². The van der Waals surface area contributed by atoms with Gasteiger partial charge in [-0.15, -0.1) is 0 Å². The molecule has 2 aromatic rings. The van der Waals surface area contributed by atoms with Crippen LogP contribution in [0.3, 0.4) is 0 Å². The van der Waals surface area contributed by atoms with Crippen LogP contribution in [0.4, 0.5) is 11.4 Å². The fraction of sp³-hybridized carbons (Fsp3) is 0.481. The Hall–Kier alpha value is -3.02. The van der Waals surface area contributed by atoms with Crippen molar-refractivity contribution in [2.75, 3.05) is 30.0 Å². The van der Waals surface area contributed by atoms with Crippen molar-refractivity contribution in [2.45, 2.75) is 58.3 Å². The number of nitrogens with one attached hydrogen (secondary N) is 1. The number of benzene rings is 2. The van der Waals surface area contributed by atoms with Crippen molar-refractivity contribution in [1.29, 1.82) is 0 Å². The zero-order chi connectivity index (χ0) is 23.0. The van der Waals surface area contributed by atoms with Gasteiger partial charge in [-0.3, -0.25) is 9.59 Å². The molecule has 2 amide bonds. The summed E-state index contributed by atoms with van der Waals surface area (Å²) in [6, 6.07) is 13.4. The van der Waals surface area contributed by atoms with Crippen LogP contribution >= 0.6 is 0 Å². The first-order valence-electron chi connectivity index (χ1n) is 12.1. The molecular formula is C27H34N2O4. The lowest BCUT2D eigenvalue weighted by atomic mass is 9.86. The normalized spacial score (nSPS) is 16.2. The average Bonchev–Trinajstić information content (AvgIpc) is 2.83. The van der Waals surface area contributed by atoms with Gasteiger partial charge in [0.25, 0.3) is 5.91 Å². The molecule has 0 saturated heterocycles. The molecule has 1 heterocycles. The molecule has 4 rings (SSSR count). The maximum atomic E-state index is 12.5. The van der Waals surface area contributed by atoms with E-state index >= 15 is 0 Å². The van der Waals surface area contributed by atoms with Crippen LogP contribution in [0.15, 0.2) is 42.5 Å². The molecule has 2 aliphatic rings. The maximum absolute atomic E-state index is 12.5. The molecule has 0 radical (unpaired) electrons. The highest BCUT2D eigenvalue weighted by Gasteiger charge is 2.26. The molecule has 1 saturated carbocycles. The molecule has 6 nitrogen and oxygen atoms in total. The van der Waals surface area contributed by atoms with Gasteiger partial charge in [-0.05, 0) is 56.0 Å². The van der Waals surface area contributed by atoms with Crippen LogP contribution in [0.1, 0.15) is 56.9 Å². The summed E-state index contributed by atoms with van der Waals surface area (Å²) < 4.78 is 11.4. The molecule has 0 atom stereocenters. The second-order valence-electron chi connectivity index (χ2n) is 9.12. The Balaban J connectivity index is 1.31. The van der Waals surface area contributed by atoms with Crippen molar-refractivity contribution in [1.82, 2.24) is 0 Å². The Morgan fingerprint density at radius 1 is 1.12 bits per heavy atom. The number of hydrogen-bond acceptors (Lipinski definition) is 4. The molecule has 0 aromatic heterocycles. The molecule has 6 heteroatoms. The number of amides is 2. The van der Waals surface area contributed by atoms with E-state index in [1.807, 2.05) is 49.4 Å². The highest BCUT2D eigenvalue weighted by Crippen LogP contribution is 2.35. The van der Waals surface area contributed by atoms with Gasteiger partial charge in [-0.25, -0.2) is 0 Å². The van der Waals surface area contributed by atoms with E-state index in [4.69, 9.17) is 9.47 Å². The number of carbonyl (C=O) groups excluding carboxylic acids is 2. The standard InChI is InChI=1S/C27H34N2O4/c1-20-8-12-23(13-9-20)32-17-5-16-29-24-18-22(11-14-25(24)33-19-27(29)31)28-26(30)15-10-21-6-3-2-4-7-21/h8-9,11-14,18,21H,2-7,10,15-17,19H2,1H3,(H,28,30). The minimum Gasteiger partial charge on any atom is -0.494 e. The average molecular weight is 451 g/mol. The Morgan fingerprint density at radius 3 is 2.70 bits per heavy atom. The van der Waals surface area contributed by atoms with Crippen LogP contribution in [0.25, 0.3) is 0 Å². The first-order chi connectivity index (χ1) is 16.1. The van der Waals surface area contributed by atoms with Crippen molar-refractivity contribution < 1.29 is 19.1 Å². The molecule has 2 aromatic carbocycles. The van der Waals surface area contributed by atoms with E-state index in [1.54, 1.807) is 4.90 Å². The van der Waals surface area contributed by atoms with E-state index in [0.29, 0.717) is 49.0 Å². The smallest absolute Gasteiger partial charge is 0.265 e. The van der Waals surface area contributed by atoms with E-state index in [9.17, 15) is 9.59 Å². The highest BCUT2D eigenvalue weighted by molar-refractivity contribution is 5.99. The third-order valence-corrected chi connectivity index (χ3v) is 6.51. The molecule has 1 aliphatic heterocycles. The van der Waals surface area contributed by atoms with Gasteiger partial charge >= 0.3 is 0 Å². The van der Waals surface area contributed by atoms with Crippen molar-refractivity contribution in [3.63, 3.8) is 0 Å². The minimum atomic E-state index is -0.0846. The van der Waals surface area contributed by atoms with E-state index in [0.717, 1.165) is 12.2 Å². The second-order valence-corrected chi connectivity index (χ2v) is 9.12. The Kier molecular flexibility index (Phi) is 7.87. The summed E-state index contributed by atoms with van der Waals surface area (Å²) in [7, 11) is 0. The topological polar surface area (TPSA) is 67.9 Å². The summed E-state index contributed by atoms with van der Waals surface area (Å²) in [6.45, 7) is 3.11. The largest absolute Gasteiger partial charge is 0.494 e. The lowest BCUT2D eigenvalue weighted by molar-refractivity contribution is -0.121. The van der Waals surface area contributed by atoms with Gasteiger partial charge in [0, 0.05) is 18.7 Å². The van der Waals surface area contributed by atoms with Gasteiger partial charge in [0.1, 0.15) is 11.5 Å². The fourth-order valence-corrected chi connectivity index (χ4v) is 4.61. The summed E-state index contributed by atoms with van der Waals surface area (Å²) in [6.07, 6.45) is 8.57. The van der Waals surface area contributed by atoms with Crippen molar-refractivity contribution in [3.8, 4) is 11.5 Å². The lowest BCUT2D eigenvalue weighted by Gasteiger charge is -2.30. The monoisotopic (exact) mass is 450 g/mol. The summed E-state index contributed by atoms with van der Waals surface area (Å²) in [5, 5.41) is 3.00. The Bertz CT molecular complexity index is 951. The van der Waals surface area contributed by atoms with E-state index in [-0.39, 0.29) is 18.4 Å². The third kappa shape index (κ3) is 6.50. The van der Waals surface area contributed by atoms with Crippen LogP contribution in [-0.2, 0) is 9.59 Å². The van der Waals surface area contributed by atoms with Gasteiger partial charge in [0.05, 0.1) is 12.3 Å². The second kappa shape index (κ2) is 11.2. The number of anilines is 2. The van der Waals surface area contributed by atoms with Crippen LogP contribution in [0.2, 0.25) is 0 Å². The van der Waals surface area contributed by atoms with E-state index in [1.165, 1.54) is 37.7 Å². The maximum Gasteiger partial charge on any atom is 0.265 e. The Labute approximate surface area is 196 Å². The minimum absolute atomic E-state index is 0.0267. The number of ether oxygens (including phenoxy) is 2. The van der Waals surface area contributed by atoms with Crippen LogP contribution in [-0.4, -0.2) is 31.6 Å². The SMILES string of the molecule is Cc1ccc(OCCCN2C(=O)COc3ccc(NC(=O)CCC4CCCCC4)cc32)cc1. The lowest BCUT2D eigenvalue weighted by Crippen LogP contribution is -2.39. The molecule has 0 spiro atoms. The zero-order valence-corrected chi connectivity index (χ0v) is 19.5. The fourth-order valence-electron chi connectivity index (χ4n) is 4.61. The first kappa shape index (κ1) is 23.1. The predicted molar refractivity (Wildman–Crippen MR) is 130 cm³/mol. The van der Waals surface area contributed by atoms with Gasteiger partial charge in [-0.2, -0.15) is 0 Å². The third-order valence-electron chi connectivity index (χ3n) is 6.51. The molecule has 1 fully saturated rings. The molecule has 176 valence electrons. The Morgan fingerprint density at radius 2 is 1.91 bits per heavy atom. The number of rotatable bonds is 9. The summed E-state index contributed by atoms with van der Waals surface area (Å²) in [4.78, 5) is 26.8. The number of nitrogens with zero attached hydrogens (tertiary/aromatic N) is 1. The van der Waals surface area contributed by atoms with Crippen LogP contribution in [0.5, 0.6) is 11.5 Å². The van der Waals surface area contributed by atoms with Crippen molar-refractivity contribution in [3.05, 3.63) is 48.0 Å². The van der Waals surface area contributed by atoms with Gasteiger partial charge in [-0.1, -0.05) is 49.8 Å². The predicted octanol–water partition coefficient (Wildman–Crippen LogP) is 5.49. The molecule has 33 heavy (non-hydrogen) atoms. The van der Waals surface area contributed by atoms with E-state index < -0.39 is 0 Å². The quantitative estimate of drug-likeness (QED) is 0.513.